The number of thioether (sulfide) groups is 2. The largest absolute Gasteiger partial charge is 0.497 e. The van der Waals surface area contributed by atoms with E-state index in [2.05, 4.69) is 60.4 Å². The second-order valence-corrected chi connectivity index (χ2v) is 25.1. The van der Waals surface area contributed by atoms with Crippen LogP contribution in [0.2, 0.25) is 0 Å². The number of nitrogens with one attached hydrogen (secondary N) is 8. The molecule has 0 radical (unpaired) electrons. The molecule has 466 valence electrons. The first-order valence-electron chi connectivity index (χ1n) is 30.2. The molecule has 3 aliphatic heterocycles. The minimum atomic E-state index is -1.38. The van der Waals surface area contributed by atoms with Crippen molar-refractivity contribution in [2.75, 3.05) is 44.8 Å². The summed E-state index contributed by atoms with van der Waals surface area (Å²) in [6.07, 6.45) is 3.96. The predicted octanol–water partition coefficient (Wildman–Crippen LogP) is 5.61. The Morgan fingerprint density at radius 1 is 0.568 bits per heavy atom. The van der Waals surface area contributed by atoms with Gasteiger partial charge in [0.1, 0.15) is 53.9 Å². The maximum absolute atomic E-state index is 15.3. The summed E-state index contributed by atoms with van der Waals surface area (Å²) < 4.78 is 20.3. The van der Waals surface area contributed by atoms with Crippen molar-refractivity contribution in [3.63, 3.8) is 0 Å². The number of carbonyl (C=O) groups excluding carboxylic acids is 8. The van der Waals surface area contributed by atoms with Gasteiger partial charge in [-0.2, -0.15) is 23.5 Å². The van der Waals surface area contributed by atoms with E-state index in [9.17, 15) is 33.2 Å². The molecule has 9 rings (SSSR count). The van der Waals surface area contributed by atoms with Crippen molar-refractivity contribution in [3.05, 3.63) is 149 Å². The van der Waals surface area contributed by atoms with E-state index < -0.39 is 83.6 Å². The molecule has 0 aliphatic carbocycles. The summed E-state index contributed by atoms with van der Waals surface area (Å²) in [5.41, 5.74) is 4.86. The molecule has 4 heterocycles. The van der Waals surface area contributed by atoms with Crippen LogP contribution in [0.25, 0.3) is 21.7 Å². The van der Waals surface area contributed by atoms with Crippen LogP contribution in [0.5, 0.6) is 5.75 Å². The van der Waals surface area contributed by atoms with Gasteiger partial charge in [0, 0.05) is 98.0 Å². The lowest BCUT2D eigenvalue weighted by Gasteiger charge is -2.31. The highest BCUT2D eigenvalue weighted by atomic mass is 32.2. The van der Waals surface area contributed by atoms with E-state index in [4.69, 9.17) is 4.74 Å². The summed E-state index contributed by atoms with van der Waals surface area (Å²) in [6, 6.07) is 24.7. The zero-order valence-corrected chi connectivity index (χ0v) is 51.8. The second kappa shape index (κ2) is 30.8. The van der Waals surface area contributed by atoms with Gasteiger partial charge >= 0.3 is 0 Å². The van der Waals surface area contributed by atoms with E-state index in [1.165, 1.54) is 43.4 Å². The first-order valence-corrected chi connectivity index (χ1v) is 32.5. The van der Waals surface area contributed by atoms with Crippen molar-refractivity contribution in [3.8, 4) is 5.75 Å². The number of aromatic amines is 1. The van der Waals surface area contributed by atoms with Crippen LogP contribution in [0.3, 0.4) is 0 Å². The van der Waals surface area contributed by atoms with Crippen LogP contribution in [0.1, 0.15) is 80.7 Å². The number of hydrogen-bond acceptors (Lipinski definition) is 12. The predicted molar refractivity (Wildman–Crippen MR) is 341 cm³/mol. The third-order valence-corrected chi connectivity index (χ3v) is 18.6. The SMILES string of the molecule is COc1ccc(C[C@@H]2NC(=O)[C@H](C)NC(=O)[C@@H]3CCCN3C(=O)[C@H](Cc3c[nH]c4ccc(F)cc34)NC(=O)[C@H](Cc3cccc4ccccc34)NC(=O)[C@@H](C)NC(=O)[C@H](C)NC(=O)CCSCc3cccc(c3)CSCCNC[C@@H]3CCCN3C2=O)cc1. The van der Waals surface area contributed by atoms with Gasteiger partial charge in [-0.15, -0.1) is 0 Å². The van der Waals surface area contributed by atoms with E-state index in [0.717, 1.165) is 52.8 Å². The van der Waals surface area contributed by atoms with Crippen LogP contribution < -0.4 is 42.0 Å². The summed E-state index contributed by atoms with van der Waals surface area (Å²) in [6.45, 7) is 6.43. The smallest absolute Gasteiger partial charge is 0.246 e. The number of hydrogen-bond donors (Lipinski definition) is 8. The number of ether oxygens (including phenoxy) is 1. The average molecular weight is 1240 g/mol. The molecule has 8 amide bonds. The Morgan fingerprint density at radius 3 is 1.94 bits per heavy atom. The highest BCUT2D eigenvalue weighted by Gasteiger charge is 2.41. The third-order valence-electron chi connectivity index (χ3n) is 16.5. The maximum Gasteiger partial charge on any atom is 0.246 e. The van der Waals surface area contributed by atoms with Crippen molar-refractivity contribution in [1.82, 2.24) is 52.0 Å². The quantitative estimate of drug-likeness (QED) is 0.0972. The van der Waals surface area contributed by atoms with Crippen LogP contribution >= 0.6 is 23.5 Å². The molecule has 22 heteroatoms. The lowest BCUT2D eigenvalue weighted by molar-refractivity contribution is -0.142. The Balaban J connectivity index is 0.984. The van der Waals surface area contributed by atoms with Crippen molar-refractivity contribution >= 4 is 92.5 Å². The molecule has 2 saturated heterocycles. The van der Waals surface area contributed by atoms with Crippen LogP contribution in [0.4, 0.5) is 4.39 Å². The Bertz CT molecular complexity index is 3470. The number of halogens is 1. The molecule has 1 aromatic heterocycles. The van der Waals surface area contributed by atoms with Crippen molar-refractivity contribution < 1.29 is 47.5 Å². The van der Waals surface area contributed by atoms with Gasteiger partial charge in [0.15, 0.2) is 0 Å². The lowest BCUT2D eigenvalue weighted by Crippen LogP contribution is -2.60. The molecule has 2 fully saturated rings. The molecule has 88 heavy (non-hydrogen) atoms. The maximum atomic E-state index is 15.3. The van der Waals surface area contributed by atoms with Crippen molar-refractivity contribution in [1.29, 1.82) is 0 Å². The summed E-state index contributed by atoms with van der Waals surface area (Å²) in [5.74, 6) is -1.57. The molecular formula is C66H79FN10O9S2. The van der Waals surface area contributed by atoms with Crippen molar-refractivity contribution in [2.45, 2.75) is 132 Å². The van der Waals surface area contributed by atoms with E-state index in [-0.39, 0.29) is 56.5 Å². The molecule has 3 aliphatic rings. The summed E-state index contributed by atoms with van der Waals surface area (Å²) in [7, 11) is 1.57. The number of aromatic nitrogens is 1. The molecule has 8 atom stereocenters. The fourth-order valence-electron chi connectivity index (χ4n) is 11.7. The van der Waals surface area contributed by atoms with E-state index in [1.54, 1.807) is 55.0 Å². The number of benzene rings is 5. The summed E-state index contributed by atoms with van der Waals surface area (Å²) in [5, 5.41) is 22.7. The molecule has 5 aromatic carbocycles. The highest BCUT2D eigenvalue weighted by Crippen LogP contribution is 2.27. The van der Waals surface area contributed by atoms with Gasteiger partial charge in [0.2, 0.25) is 47.3 Å². The topological polar surface area (TPSA) is 252 Å². The average Bonchev–Trinajstić information content (AvgIpc) is 3.64. The van der Waals surface area contributed by atoms with Gasteiger partial charge in [0.05, 0.1) is 7.11 Å². The fourth-order valence-corrected chi connectivity index (χ4v) is 13.4. The summed E-state index contributed by atoms with van der Waals surface area (Å²) >= 11 is 3.40. The van der Waals surface area contributed by atoms with Gasteiger partial charge in [0.25, 0.3) is 0 Å². The number of fused-ring (bicyclic) bond motifs is 6. The van der Waals surface area contributed by atoms with Gasteiger partial charge in [-0.3, -0.25) is 38.4 Å². The zero-order valence-electron chi connectivity index (χ0n) is 50.2. The molecule has 8 N–H and O–H groups in total. The fraction of sp³-hybridized carbons (Fsp3) is 0.424. The van der Waals surface area contributed by atoms with Gasteiger partial charge in [-0.1, -0.05) is 78.9 Å². The lowest BCUT2D eigenvalue weighted by atomic mass is 9.97. The standard InChI is InChI=1S/C66H79FN10O9S2/c1-40-60(79)71-41(2)61(80)73-55(33-47-15-8-14-46-13-5-6-17-52(46)47)63(82)75-57(34-48-36-69-54-24-21-49(67)35-53(48)54)66(85)77-28-10-18-58(77)64(83)72-42(3)62(81)74-56(32-43-19-22-51(86-4)23-20-43)65(84)76-27-9-16-50(76)37-68-26-30-88-39-45-12-7-11-44(31-45)38-87-29-25-59(78)70-40/h5-8,11-15,17,19-24,31,35-36,40-42,50,55-58,68-69H,9-10,16,18,25-30,32-34,37-39H2,1-4H3,(H,70,78)(H,71,79)(H,72,83)(H,73,80)(H,74,81)(H,75,82)/t40-,41+,42-,50-,55-,56-,57-,58-/m0/s1. The molecule has 0 unspecified atom stereocenters. The van der Waals surface area contributed by atoms with Crippen LogP contribution in [0.15, 0.2) is 115 Å². The molecule has 2 bridgehead atoms. The van der Waals surface area contributed by atoms with E-state index in [1.807, 2.05) is 65.6 Å². The number of H-pyrrole nitrogens is 1. The first-order chi connectivity index (χ1) is 42.5. The molecule has 0 spiro atoms. The van der Waals surface area contributed by atoms with Crippen LogP contribution in [-0.4, -0.2) is 155 Å². The zero-order chi connectivity index (χ0) is 62.3. The number of rotatable bonds is 7. The molecule has 19 nitrogen and oxygen atoms in total. The van der Waals surface area contributed by atoms with Gasteiger partial charge in [-0.05, 0) is 115 Å². The number of amides is 8. The van der Waals surface area contributed by atoms with Gasteiger partial charge < -0.3 is 56.7 Å². The Kier molecular flexibility index (Phi) is 22.6. The highest BCUT2D eigenvalue weighted by molar-refractivity contribution is 7.98. The Hall–Kier alpha value is -7.95. The number of carbonyl (C=O) groups is 8. The van der Waals surface area contributed by atoms with Crippen LogP contribution in [-0.2, 0) is 69.1 Å². The van der Waals surface area contributed by atoms with Gasteiger partial charge in [-0.25, -0.2) is 4.39 Å². The monoisotopic (exact) mass is 1240 g/mol. The first kappa shape index (κ1) is 64.5. The Morgan fingerprint density at radius 2 is 1.18 bits per heavy atom. The molecule has 0 saturated carbocycles. The minimum absolute atomic E-state index is 0.0507. The van der Waals surface area contributed by atoms with E-state index >= 15 is 9.59 Å². The van der Waals surface area contributed by atoms with Crippen molar-refractivity contribution in [2.24, 2.45) is 0 Å². The molecular weight excluding hydrogens is 1160 g/mol. The molecule has 6 aromatic rings. The second-order valence-electron chi connectivity index (χ2n) is 22.9. The Labute approximate surface area is 520 Å². The number of methoxy groups -OCH3 is 1. The third kappa shape index (κ3) is 17.0. The van der Waals surface area contributed by atoms with E-state index in [0.29, 0.717) is 58.8 Å². The summed E-state index contributed by atoms with van der Waals surface area (Å²) in [4.78, 5) is 121. The number of nitrogens with zero attached hydrogens (tertiary/aromatic N) is 2. The normalized spacial score (nSPS) is 24.3. The minimum Gasteiger partial charge on any atom is -0.497 e. The van der Waals surface area contributed by atoms with Crippen LogP contribution in [0, 0.1) is 5.82 Å².